The van der Waals surface area contributed by atoms with E-state index in [-0.39, 0.29) is 42.8 Å². The molecule has 3 aromatic heterocycles. The van der Waals surface area contributed by atoms with Crippen LogP contribution in [-0.2, 0) is 30.9 Å². The number of furan rings is 1. The molecule has 11 aromatic rings. The molecule has 0 atom stereocenters. The third-order valence-electron chi connectivity index (χ3n) is 13.5. The van der Waals surface area contributed by atoms with E-state index in [1.807, 2.05) is 42.6 Å². The molecule has 5 nitrogen and oxygen atoms in total. The molecule has 0 saturated carbocycles. The van der Waals surface area contributed by atoms with Gasteiger partial charge in [-0.2, -0.15) is 0 Å². The first kappa shape index (κ1) is 48.3. The molecule has 70 heavy (non-hydrogen) atoms. The van der Waals surface area contributed by atoms with Crippen LogP contribution in [0.25, 0.3) is 94.1 Å². The molecule has 0 amide bonds. The van der Waals surface area contributed by atoms with Crippen LogP contribution in [-0.4, -0.2) is 19.5 Å². The number of aryl methyl sites for hydroxylation is 1. The first-order valence-corrected chi connectivity index (χ1v) is 24.3. The summed E-state index contributed by atoms with van der Waals surface area (Å²) < 4.78 is 9.27. The zero-order valence-electron chi connectivity index (χ0n) is 42.1. The molecule has 0 spiro atoms. The molecule has 0 aliphatic heterocycles. The second-order valence-corrected chi connectivity index (χ2v) is 21.2. The van der Waals surface area contributed by atoms with Gasteiger partial charge in [0.1, 0.15) is 5.58 Å². The van der Waals surface area contributed by atoms with Gasteiger partial charge in [-0.25, -0.2) is 0 Å². The number of rotatable bonds is 6. The number of hydrogen-bond donors (Lipinski definition) is 0. The summed E-state index contributed by atoms with van der Waals surface area (Å²) in [5.74, 6) is 2.11. The van der Waals surface area contributed by atoms with E-state index >= 15 is 0 Å². The van der Waals surface area contributed by atoms with Crippen molar-refractivity contribution in [3.05, 3.63) is 192 Å². The maximum atomic E-state index is 6.88. The molecule has 11 rings (SSSR count). The van der Waals surface area contributed by atoms with Crippen LogP contribution in [0.1, 0.15) is 109 Å². The molecule has 6 heteroatoms. The molecular weight excluding hydrogens is 1030 g/mol. The minimum Gasteiger partial charge on any atom is -0.501 e. The number of nitrogens with zero attached hydrogens (tertiary/aromatic N) is 4. The van der Waals surface area contributed by atoms with E-state index in [9.17, 15) is 0 Å². The van der Waals surface area contributed by atoms with Crippen LogP contribution in [0.2, 0.25) is 0 Å². The van der Waals surface area contributed by atoms with Crippen LogP contribution in [0.5, 0.6) is 0 Å². The summed E-state index contributed by atoms with van der Waals surface area (Å²) in [6.07, 6.45) is 1.81. The Labute approximate surface area is 426 Å². The predicted octanol–water partition coefficient (Wildman–Crippen LogP) is 17.5. The monoisotopic (exact) mass is 1090 g/mol. The van der Waals surface area contributed by atoms with Gasteiger partial charge in [-0.05, 0) is 122 Å². The summed E-state index contributed by atoms with van der Waals surface area (Å²) in [4.78, 5) is 14.2. The number of para-hydroxylation sites is 2. The number of aromatic nitrogens is 4. The number of fused-ring (bicyclic) bond motifs is 7. The third kappa shape index (κ3) is 9.00. The normalized spacial score (nSPS) is 12.1. The maximum Gasteiger partial charge on any atom is 0.121 e. The van der Waals surface area contributed by atoms with Crippen molar-refractivity contribution in [2.24, 2.45) is 0 Å². The van der Waals surface area contributed by atoms with Gasteiger partial charge in [-0.1, -0.05) is 147 Å². The van der Waals surface area contributed by atoms with Crippen molar-refractivity contribution in [3.8, 4) is 39.6 Å². The number of benzene rings is 8. The van der Waals surface area contributed by atoms with Gasteiger partial charge >= 0.3 is 0 Å². The second kappa shape index (κ2) is 18.9. The average molecular weight is 1090 g/mol. The minimum atomic E-state index is 0. The molecular formula is C64H60IrN4O-2. The molecule has 0 N–H and O–H groups in total. The van der Waals surface area contributed by atoms with Crippen LogP contribution in [0.3, 0.4) is 0 Å². The van der Waals surface area contributed by atoms with Gasteiger partial charge in [0.05, 0.1) is 28.3 Å². The van der Waals surface area contributed by atoms with Gasteiger partial charge < -0.3 is 8.98 Å². The van der Waals surface area contributed by atoms with E-state index < -0.39 is 0 Å². The Bertz CT molecular complexity index is 3680. The van der Waals surface area contributed by atoms with Crippen LogP contribution in [0.15, 0.2) is 156 Å². The minimum absolute atomic E-state index is 0. The standard InChI is InChI=1S/C50H45N2O.C14H15N2.Ir/c1-29(2)40-26-34(36-23-22-35(24-31(36)5)50(6,7)8)27-41(30(3)4)47(40)52-45-19-12-11-18-44(45)51-49(52)39-17-13-16-38-43-25-33-21-20-32-14-9-10-15-37(32)42(33)28-46(43)53-48(38)39;1-14(2,3)12-9-10-15-13(16-12)11-7-5-4-6-8-11;/h9-16,18-30H,1-8H3;4-7,9-10H,1-3H3;/q2*-1;. The molecule has 0 fully saturated rings. The number of hydrogen-bond acceptors (Lipinski definition) is 4. The smallest absolute Gasteiger partial charge is 0.121 e. The Morgan fingerprint density at radius 3 is 2.01 bits per heavy atom. The van der Waals surface area contributed by atoms with Crippen molar-refractivity contribution in [1.29, 1.82) is 0 Å². The van der Waals surface area contributed by atoms with Gasteiger partial charge in [-0.3, -0.25) is 15.0 Å². The summed E-state index contributed by atoms with van der Waals surface area (Å²) in [6.45, 7) is 24.8. The Morgan fingerprint density at radius 2 is 1.31 bits per heavy atom. The van der Waals surface area contributed by atoms with E-state index in [4.69, 9.17) is 9.40 Å². The van der Waals surface area contributed by atoms with Crippen molar-refractivity contribution < 1.29 is 24.5 Å². The molecule has 0 saturated heterocycles. The first-order valence-electron chi connectivity index (χ1n) is 24.3. The van der Waals surface area contributed by atoms with Crippen molar-refractivity contribution >= 4 is 54.5 Å². The van der Waals surface area contributed by atoms with Gasteiger partial charge in [0.25, 0.3) is 0 Å². The van der Waals surface area contributed by atoms with Crippen molar-refractivity contribution in [2.45, 2.75) is 98.8 Å². The topological polar surface area (TPSA) is 56.7 Å². The Hall–Kier alpha value is -6.72. The SMILES string of the molecule is CC(C)(C)c1ccnc(-c2[c-]cccc2)n1.Cc1cc(C(C)(C)C)ccc1-c1cc(C(C)C)c(-n2c(-c3[c-]ccc4c3oc3cc5c(ccc6ccccc65)cc34)nc3ccccc32)c(C(C)C)c1.[Ir]. The summed E-state index contributed by atoms with van der Waals surface area (Å²) in [5.41, 5.74) is 15.7. The number of imidazole rings is 1. The Morgan fingerprint density at radius 1 is 0.600 bits per heavy atom. The van der Waals surface area contributed by atoms with E-state index in [2.05, 4.69) is 212 Å². The Balaban J connectivity index is 0.000000304. The van der Waals surface area contributed by atoms with E-state index in [1.54, 1.807) is 0 Å². The summed E-state index contributed by atoms with van der Waals surface area (Å²) in [7, 11) is 0. The molecule has 0 bridgehead atoms. The van der Waals surface area contributed by atoms with E-state index in [0.29, 0.717) is 0 Å². The molecule has 0 aliphatic carbocycles. The quantitative estimate of drug-likeness (QED) is 0.123. The zero-order chi connectivity index (χ0) is 48.4. The van der Waals surface area contributed by atoms with Crippen LogP contribution >= 0.6 is 0 Å². The third-order valence-corrected chi connectivity index (χ3v) is 13.5. The molecule has 0 aliphatic rings. The van der Waals surface area contributed by atoms with Gasteiger partial charge in [0, 0.05) is 48.5 Å². The van der Waals surface area contributed by atoms with Crippen molar-refractivity contribution in [3.63, 3.8) is 0 Å². The van der Waals surface area contributed by atoms with E-state index in [0.717, 1.165) is 61.4 Å². The first-order chi connectivity index (χ1) is 33.0. The molecule has 3 heterocycles. The molecule has 8 aromatic carbocycles. The largest absolute Gasteiger partial charge is 0.501 e. The molecule has 1 radical (unpaired) electrons. The fraction of sp³-hybridized carbons (Fsp3) is 0.234. The van der Waals surface area contributed by atoms with Crippen molar-refractivity contribution in [1.82, 2.24) is 19.5 Å². The summed E-state index contributed by atoms with van der Waals surface area (Å²) in [5, 5.41) is 7.02. The molecule has 0 unspecified atom stereocenters. The fourth-order valence-electron chi connectivity index (χ4n) is 9.69. The summed E-state index contributed by atoms with van der Waals surface area (Å²) in [6, 6.07) is 58.4. The fourth-order valence-corrected chi connectivity index (χ4v) is 9.69. The Kier molecular flexibility index (Phi) is 13.0. The van der Waals surface area contributed by atoms with Crippen molar-refractivity contribution in [2.75, 3.05) is 0 Å². The zero-order valence-corrected chi connectivity index (χ0v) is 44.5. The average Bonchev–Trinajstić information content (AvgIpc) is 3.91. The molecule has 353 valence electrons. The van der Waals surface area contributed by atoms with Gasteiger partial charge in [0.15, 0.2) is 0 Å². The van der Waals surface area contributed by atoms with Crippen LogP contribution < -0.4 is 0 Å². The maximum absolute atomic E-state index is 6.88. The van der Waals surface area contributed by atoms with Gasteiger partial charge in [-0.15, -0.1) is 54.1 Å². The summed E-state index contributed by atoms with van der Waals surface area (Å²) >= 11 is 0. The van der Waals surface area contributed by atoms with Crippen LogP contribution in [0, 0.1) is 19.1 Å². The van der Waals surface area contributed by atoms with Gasteiger partial charge in [0.2, 0.25) is 0 Å². The van der Waals surface area contributed by atoms with E-state index in [1.165, 1.54) is 60.6 Å². The second-order valence-electron chi connectivity index (χ2n) is 21.2. The van der Waals surface area contributed by atoms with Crippen LogP contribution in [0.4, 0.5) is 0 Å². The predicted molar refractivity (Wildman–Crippen MR) is 290 cm³/mol.